The van der Waals surface area contributed by atoms with Gasteiger partial charge in [-0.2, -0.15) is 0 Å². The van der Waals surface area contributed by atoms with Gasteiger partial charge >= 0.3 is 0 Å². The number of ether oxygens (including phenoxy) is 1. The maximum absolute atomic E-state index is 12.1. The highest BCUT2D eigenvalue weighted by atomic mass is 16.5. The molecule has 1 saturated carbocycles. The average Bonchev–Trinajstić information content (AvgIpc) is 2.89. The normalized spacial score (nSPS) is 32.1. The van der Waals surface area contributed by atoms with Gasteiger partial charge < -0.3 is 10.1 Å². The summed E-state index contributed by atoms with van der Waals surface area (Å²) in [5.41, 5.74) is 0. The second-order valence-corrected chi connectivity index (χ2v) is 5.86. The van der Waals surface area contributed by atoms with Crippen molar-refractivity contribution in [2.75, 3.05) is 26.2 Å². The lowest BCUT2D eigenvalue weighted by molar-refractivity contribution is -0.154. The van der Waals surface area contributed by atoms with Crippen molar-refractivity contribution in [3.63, 3.8) is 0 Å². The number of piperidine rings is 2. The van der Waals surface area contributed by atoms with E-state index in [0.717, 1.165) is 45.2 Å². The van der Waals surface area contributed by atoms with Gasteiger partial charge in [-0.05, 0) is 45.2 Å². The molecular weight excluding hydrogens is 244 g/mol. The third-order valence-electron chi connectivity index (χ3n) is 4.62. The molecule has 19 heavy (non-hydrogen) atoms. The molecule has 2 aliphatic heterocycles. The molecule has 2 unspecified atom stereocenters. The summed E-state index contributed by atoms with van der Waals surface area (Å²) >= 11 is 0. The Bertz CT molecular complexity index is 344. The summed E-state index contributed by atoms with van der Waals surface area (Å²) < 4.78 is 5.79. The Morgan fingerprint density at radius 3 is 2.32 bits per heavy atom. The van der Waals surface area contributed by atoms with Crippen molar-refractivity contribution in [3.8, 4) is 0 Å². The van der Waals surface area contributed by atoms with E-state index in [-0.39, 0.29) is 29.8 Å². The standard InChI is InChI=1S/C14H22N2O3/c17-13-10-1-2-11(9-10)14(18)16(13)7-8-19-12-3-5-15-6-4-12/h10-12,15H,1-9H2. The van der Waals surface area contributed by atoms with Crippen LogP contribution in [0.2, 0.25) is 0 Å². The van der Waals surface area contributed by atoms with E-state index in [1.54, 1.807) is 0 Å². The number of hydrogen-bond donors (Lipinski definition) is 1. The molecule has 2 saturated heterocycles. The van der Waals surface area contributed by atoms with Gasteiger partial charge in [0.25, 0.3) is 0 Å². The molecule has 0 radical (unpaired) electrons. The van der Waals surface area contributed by atoms with Crippen molar-refractivity contribution in [2.45, 2.75) is 38.2 Å². The molecule has 2 atom stereocenters. The summed E-state index contributed by atoms with van der Waals surface area (Å²) in [4.78, 5) is 25.7. The number of carbonyl (C=O) groups excluding carboxylic acids is 2. The van der Waals surface area contributed by atoms with Crippen LogP contribution in [0.25, 0.3) is 0 Å². The fourth-order valence-electron chi connectivity index (χ4n) is 3.47. The van der Waals surface area contributed by atoms with Crippen LogP contribution < -0.4 is 5.32 Å². The number of nitrogens with zero attached hydrogens (tertiary/aromatic N) is 1. The van der Waals surface area contributed by atoms with Crippen LogP contribution in [-0.4, -0.2) is 49.1 Å². The maximum atomic E-state index is 12.1. The van der Waals surface area contributed by atoms with E-state index in [0.29, 0.717) is 13.2 Å². The molecule has 0 aromatic carbocycles. The van der Waals surface area contributed by atoms with Crippen LogP contribution >= 0.6 is 0 Å². The summed E-state index contributed by atoms with van der Waals surface area (Å²) in [6.45, 7) is 2.92. The smallest absolute Gasteiger partial charge is 0.232 e. The summed E-state index contributed by atoms with van der Waals surface area (Å²) in [7, 11) is 0. The molecule has 1 aliphatic carbocycles. The van der Waals surface area contributed by atoms with Crippen molar-refractivity contribution in [3.05, 3.63) is 0 Å². The molecule has 0 aromatic heterocycles. The Kier molecular flexibility index (Phi) is 3.84. The highest BCUT2D eigenvalue weighted by Crippen LogP contribution is 2.37. The van der Waals surface area contributed by atoms with E-state index in [9.17, 15) is 9.59 Å². The summed E-state index contributed by atoms with van der Waals surface area (Å²) in [5.74, 6) is 0.267. The monoisotopic (exact) mass is 266 g/mol. The van der Waals surface area contributed by atoms with Crippen molar-refractivity contribution >= 4 is 11.8 Å². The zero-order valence-corrected chi connectivity index (χ0v) is 11.3. The molecule has 3 rings (SSSR count). The molecule has 106 valence electrons. The van der Waals surface area contributed by atoms with Crippen molar-refractivity contribution in [1.82, 2.24) is 10.2 Å². The Morgan fingerprint density at radius 1 is 1.05 bits per heavy atom. The topological polar surface area (TPSA) is 58.6 Å². The lowest BCUT2D eigenvalue weighted by Gasteiger charge is -2.30. The van der Waals surface area contributed by atoms with Crippen LogP contribution in [0.15, 0.2) is 0 Å². The highest BCUT2D eigenvalue weighted by Gasteiger charge is 2.44. The first kappa shape index (κ1) is 13.1. The van der Waals surface area contributed by atoms with Crippen LogP contribution in [0.1, 0.15) is 32.1 Å². The molecule has 0 aromatic rings. The van der Waals surface area contributed by atoms with E-state index in [1.807, 2.05) is 0 Å². The molecular formula is C14H22N2O3. The van der Waals surface area contributed by atoms with E-state index in [2.05, 4.69) is 5.32 Å². The largest absolute Gasteiger partial charge is 0.376 e. The number of imide groups is 1. The van der Waals surface area contributed by atoms with Gasteiger partial charge in [0.1, 0.15) is 0 Å². The quantitative estimate of drug-likeness (QED) is 0.755. The third kappa shape index (κ3) is 2.67. The van der Waals surface area contributed by atoms with E-state index < -0.39 is 0 Å². The molecule has 2 heterocycles. The minimum absolute atomic E-state index is 0.0349. The summed E-state index contributed by atoms with van der Waals surface area (Å²) in [6.07, 6.45) is 4.89. The minimum atomic E-state index is 0.0349. The fourth-order valence-corrected chi connectivity index (χ4v) is 3.47. The van der Waals surface area contributed by atoms with Crippen molar-refractivity contribution in [2.24, 2.45) is 11.8 Å². The first-order valence-electron chi connectivity index (χ1n) is 7.43. The van der Waals surface area contributed by atoms with Gasteiger partial charge in [0.15, 0.2) is 0 Å². The van der Waals surface area contributed by atoms with E-state index in [4.69, 9.17) is 4.74 Å². The Hall–Kier alpha value is -0.940. The Labute approximate surface area is 113 Å². The van der Waals surface area contributed by atoms with Crippen LogP contribution in [-0.2, 0) is 14.3 Å². The highest BCUT2D eigenvalue weighted by molar-refractivity contribution is 6.00. The minimum Gasteiger partial charge on any atom is -0.376 e. The van der Waals surface area contributed by atoms with Crippen molar-refractivity contribution < 1.29 is 14.3 Å². The second-order valence-electron chi connectivity index (χ2n) is 5.86. The van der Waals surface area contributed by atoms with Crippen LogP contribution in [0.4, 0.5) is 0 Å². The van der Waals surface area contributed by atoms with Gasteiger partial charge in [-0.25, -0.2) is 0 Å². The third-order valence-corrected chi connectivity index (χ3v) is 4.62. The van der Waals surface area contributed by atoms with Gasteiger partial charge in [-0.3, -0.25) is 14.5 Å². The van der Waals surface area contributed by atoms with Crippen LogP contribution in [0.3, 0.4) is 0 Å². The number of fused-ring (bicyclic) bond motifs is 2. The zero-order chi connectivity index (χ0) is 13.2. The number of likely N-dealkylation sites (tertiary alicyclic amines) is 1. The van der Waals surface area contributed by atoms with Gasteiger partial charge in [0.05, 0.1) is 19.3 Å². The molecule has 3 aliphatic rings. The Balaban J connectivity index is 1.49. The van der Waals surface area contributed by atoms with E-state index >= 15 is 0 Å². The summed E-state index contributed by atoms with van der Waals surface area (Å²) in [5, 5.41) is 3.29. The zero-order valence-electron chi connectivity index (χ0n) is 11.3. The summed E-state index contributed by atoms with van der Waals surface area (Å²) in [6, 6.07) is 0. The molecule has 5 heteroatoms. The number of hydrogen-bond acceptors (Lipinski definition) is 4. The van der Waals surface area contributed by atoms with Crippen LogP contribution in [0, 0.1) is 11.8 Å². The van der Waals surface area contributed by atoms with Gasteiger partial charge in [0, 0.05) is 11.8 Å². The number of rotatable bonds is 4. The first-order chi connectivity index (χ1) is 9.25. The maximum Gasteiger partial charge on any atom is 0.232 e. The van der Waals surface area contributed by atoms with Gasteiger partial charge in [-0.15, -0.1) is 0 Å². The first-order valence-corrected chi connectivity index (χ1v) is 7.43. The average molecular weight is 266 g/mol. The molecule has 3 fully saturated rings. The fraction of sp³-hybridized carbons (Fsp3) is 0.857. The predicted molar refractivity (Wildman–Crippen MR) is 69.4 cm³/mol. The van der Waals surface area contributed by atoms with Crippen molar-refractivity contribution in [1.29, 1.82) is 0 Å². The van der Waals surface area contributed by atoms with E-state index in [1.165, 1.54) is 4.90 Å². The molecule has 2 bridgehead atoms. The van der Waals surface area contributed by atoms with Crippen LogP contribution in [0.5, 0.6) is 0 Å². The van der Waals surface area contributed by atoms with Gasteiger partial charge in [0.2, 0.25) is 11.8 Å². The molecule has 1 N–H and O–H groups in total. The number of carbonyl (C=O) groups is 2. The lowest BCUT2D eigenvalue weighted by atomic mass is 9.97. The predicted octanol–water partition coefficient (Wildman–Crippen LogP) is 0.540. The lowest BCUT2D eigenvalue weighted by Crippen LogP contribution is -2.48. The Morgan fingerprint density at radius 2 is 1.68 bits per heavy atom. The second kappa shape index (κ2) is 5.59. The number of nitrogens with one attached hydrogen (secondary N) is 1. The number of amides is 2. The molecule has 2 amide bonds. The van der Waals surface area contributed by atoms with Gasteiger partial charge in [-0.1, -0.05) is 0 Å². The molecule has 0 spiro atoms. The SMILES string of the molecule is O=C1C2CCC(C2)C(=O)N1CCOC1CCNCC1. The molecule has 5 nitrogen and oxygen atoms in total.